The maximum Gasteiger partial charge on any atom is 0.264 e. The summed E-state index contributed by atoms with van der Waals surface area (Å²) in [5.41, 5.74) is 4.28. The minimum atomic E-state index is -4.02. The van der Waals surface area contributed by atoms with E-state index in [1.165, 1.54) is 32.6 Å². The number of aryl methyl sites for hydroxylation is 1. The Bertz CT molecular complexity index is 1350. The monoisotopic (exact) mass is 623 g/mol. The number of hydrogen-bond acceptors (Lipinski definition) is 6. The Balaban J connectivity index is 1.84. The molecule has 0 saturated carbocycles. The van der Waals surface area contributed by atoms with E-state index in [2.05, 4.69) is 42.4 Å². The van der Waals surface area contributed by atoms with E-state index in [1.807, 2.05) is 6.92 Å². The third-order valence-electron chi connectivity index (χ3n) is 4.85. The number of carbonyl (C=O) groups excluding carboxylic acids is 1. The molecule has 0 bridgehead atoms. The molecular weight excluding hydrogens is 602 g/mol. The van der Waals surface area contributed by atoms with Crippen molar-refractivity contribution in [2.24, 2.45) is 5.10 Å². The van der Waals surface area contributed by atoms with Gasteiger partial charge in [-0.15, -0.1) is 0 Å². The second kappa shape index (κ2) is 11.7. The number of sulfonamides is 1. The lowest BCUT2D eigenvalue weighted by atomic mass is 10.2. The van der Waals surface area contributed by atoms with Crippen LogP contribution in [0.5, 0.6) is 11.5 Å². The Morgan fingerprint density at radius 2 is 1.77 bits per heavy atom. The van der Waals surface area contributed by atoms with E-state index >= 15 is 0 Å². The van der Waals surface area contributed by atoms with Crippen LogP contribution in [0.4, 0.5) is 5.69 Å². The van der Waals surface area contributed by atoms with Gasteiger partial charge in [0.15, 0.2) is 11.5 Å². The van der Waals surface area contributed by atoms with Crippen molar-refractivity contribution in [3.05, 3.63) is 80.7 Å². The zero-order chi connectivity index (χ0) is 25.6. The zero-order valence-corrected chi connectivity index (χ0v) is 23.1. The topological polar surface area (TPSA) is 97.3 Å². The van der Waals surface area contributed by atoms with E-state index in [9.17, 15) is 13.2 Å². The third kappa shape index (κ3) is 6.62. The smallest absolute Gasteiger partial charge is 0.264 e. The lowest BCUT2D eigenvalue weighted by Crippen LogP contribution is -2.39. The van der Waals surface area contributed by atoms with Crippen molar-refractivity contribution in [3.63, 3.8) is 0 Å². The van der Waals surface area contributed by atoms with Crippen molar-refractivity contribution in [3.8, 4) is 11.5 Å². The maximum atomic E-state index is 13.4. The molecule has 0 radical (unpaired) electrons. The number of hydrazone groups is 1. The van der Waals surface area contributed by atoms with Gasteiger partial charge < -0.3 is 9.47 Å². The summed E-state index contributed by atoms with van der Waals surface area (Å²) in [7, 11) is -0.981. The van der Waals surface area contributed by atoms with Gasteiger partial charge in [-0.25, -0.2) is 13.8 Å². The van der Waals surface area contributed by atoms with Gasteiger partial charge in [0.1, 0.15) is 6.54 Å². The van der Waals surface area contributed by atoms with Crippen molar-refractivity contribution in [1.82, 2.24) is 5.43 Å². The molecule has 8 nitrogen and oxygen atoms in total. The summed E-state index contributed by atoms with van der Waals surface area (Å²) in [6.07, 6.45) is 1.42. The maximum absolute atomic E-state index is 13.4. The Kier molecular flexibility index (Phi) is 8.92. The summed E-state index contributed by atoms with van der Waals surface area (Å²) in [5, 5.41) is 3.97. The molecule has 0 aromatic heterocycles. The molecule has 0 aliphatic carbocycles. The third-order valence-corrected chi connectivity index (χ3v) is 7.72. The quantitative estimate of drug-likeness (QED) is 0.270. The van der Waals surface area contributed by atoms with Crippen molar-refractivity contribution >= 4 is 59.7 Å². The second-order valence-electron chi connectivity index (χ2n) is 7.34. The fourth-order valence-electron chi connectivity index (χ4n) is 3.14. The van der Waals surface area contributed by atoms with Gasteiger partial charge in [-0.05, 0) is 70.9 Å². The highest BCUT2D eigenvalue weighted by Gasteiger charge is 2.27. The normalized spacial score (nSPS) is 11.3. The molecule has 0 fully saturated rings. The van der Waals surface area contributed by atoms with Gasteiger partial charge in [-0.2, -0.15) is 5.10 Å². The molecule has 0 aliphatic rings. The number of nitrogens with one attached hydrogen (secondary N) is 1. The molecule has 184 valence electrons. The number of hydrogen-bond donors (Lipinski definition) is 1. The first kappa shape index (κ1) is 26.7. The molecule has 11 heteroatoms. The van der Waals surface area contributed by atoms with Crippen molar-refractivity contribution in [2.75, 3.05) is 25.1 Å². The largest absolute Gasteiger partial charge is 0.493 e. The van der Waals surface area contributed by atoms with Gasteiger partial charge >= 0.3 is 0 Å². The average molecular weight is 625 g/mol. The highest BCUT2D eigenvalue weighted by molar-refractivity contribution is 9.10. The first-order valence-electron chi connectivity index (χ1n) is 10.2. The lowest BCUT2D eigenvalue weighted by molar-refractivity contribution is -0.119. The summed E-state index contributed by atoms with van der Waals surface area (Å²) in [6, 6.07) is 16.6. The van der Waals surface area contributed by atoms with E-state index in [0.717, 1.165) is 9.87 Å². The summed E-state index contributed by atoms with van der Waals surface area (Å²) in [4.78, 5) is 12.8. The van der Waals surface area contributed by atoms with Crippen LogP contribution in [-0.4, -0.2) is 41.3 Å². The molecule has 3 aromatic rings. The predicted molar refractivity (Wildman–Crippen MR) is 143 cm³/mol. The molecule has 35 heavy (non-hydrogen) atoms. The minimum absolute atomic E-state index is 0.0783. The molecular formula is C24H23Br2N3O5S. The van der Waals surface area contributed by atoms with Crippen LogP contribution in [-0.2, 0) is 14.8 Å². The van der Waals surface area contributed by atoms with Crippen molar-refractivity contribution < 1.29 is 22.7 Å². The second-order valence-corrected chi connectivity index (χ2v) is 11.0. The molecule has 0 aliphatic heterocycles. The standard InChI is InChI=1S/C24H23Br2N3O5S/c1-16-7-9-20(10-8-16)35(31,32)29(19-6-4-5-18(25)13-19)15-23(30)28-27-14-17-11-21(26)24(34-3)22(12-17)33-2/h4-14H,15H2,1-3H3,(H,28,30)/b27-14-. The highest BCUT2D eigenvalue weighted by atomic mass is 79.9. The van der Waals surface area contributed by atoms with Crippen molar-refractivity contribution in [1.29, 1.82) is 0 Å². The molecule has 0 spiro atoms. The molecule has 0 heterocycles. The van der Waals surface area contributed by atoms with Gasteiger partial charge in [0.25, 0.3) is 15.9 Å². The number of anilines is 1. The Hall–Kier alpha value is -2.89. The number of carbonyl (C=O) groups is 1. The first-order chi connectivity index (χ1) is 16.6. The number of amides is 1. The van der Waals surface area contributed by atoms with Crippen LogP contribution in [0.15, 0.2) is 79.6 Å². The first-order valence-corrected chi connectivity index (χ1v) is 13.3. The average Bonchev–Trinajstić information content (AvgIpc) is 2.82. The molecule has 3 rings (SSSR count). The van der Waals surface area contributed by atoms with Crippen LogP contribution in [0.25, 0.3) is 0 Å². The summed E-state index contributed by atoms with van der Waals surface area (Å²) in [6.45, 7) is 1.39. The Morgan fingerprint density at radius 1 is 1.06 bits per heavy atom. The van der Waals surface area contributed by atoms with Gasteiger partial charge in [-0.3, -0.25) is 9.10 Å². The summed E-state index contributed by atoms with van der Waals surface area (Å²) in [5.74, 6) is 0.399. The van der Waals surface area contributed by atoms with Crippen LogP contribution in [0, 0.1) is 6.92 Å². The molecule has 0 atom stereocenters. The van der Waals surface area contributed by atoms with E-state index < -0.39 is 22.5 Å². The Labute approximate surface area is 221 Å². The summed E-state index contributed by atoms with van der Waals surface area (Å²) >= 11 is 6.76. The molecule has 1 amide bonds. The number of halogens is 2. The van der Waals surface area contributed by atoms with Gasteiger partial charge in [0.05, 0.1) is 35.5 Å². The SMILES string of the molecule is COc1cc(/C=N\NC(=O)CN(c2cccc(Br)c2)S(=O)(=O)c2ccc(C)cc2)cc(Br)c1OC. The van der Waals surface area contributed by atoms with E-state index in [4.69, 9.17) is 9.47 Å². The van der Waals surface area contributed by atoms with Gasteiger partial charge in [0, 0.05) is 4.47 Å². The molecule has 0 unspecified atom stereocenters. The molecule has 0 saturated heterocycles. The van der Waals surface area contributed by atoms with Gasteiger partial charge in [0.2, 0.25) is 0 Å². The van der Waals surface area contributed by atoms with Crippen molar-refractivity contribution in [2.45, 2.75) is 11.8 Å². The van der Waals surface area contributed by atoms with E-state index in [1.54, 1.807) is 48.5 Å². The minimum Gasteiger partial charge on any atom is -0.493 e. The van der Waals surface area contributed by atoms with E-state index in [-0.39, 0.29) is 4.90 Å². The Morgan fingerprint density at radius 3 is 2.40 bits per heavy atom. The fourth-order valence-corrected chi connectivity index (χ4v) is 5.56. The highest BCUT2D eigenvalue weighted by Crippen LogP contribution is 2.35. The lowest BCUT2D eigenvalue weighted by Gasteiger charge is -2.24. The number of methoxy groups -OCH3 is 2. The van der Waals surface area contributed by atoms with Crippen LogP contribution < -0.4 is 19.2 Å². The number of benzene rings is 3. The predicted octanol–water partition coefficient (Wildman–Crippen LogP) is 4.88. The van der Waals surface area contributed by atoms with Crippen LogP contribution in [0.1, 0.15) is 11.1 Å². The van der Waals surface area contributed by atoms with Crippen LogP contribution >= 0.6 is 31.9 Å². The zero-order valence-electron chi connectivity index (χ0n) is 19.2. The van der Waals surface area contributed by atoms with Crippen LogP contribution in [0.3, 0.4) is 0 Å². The number of nitrogens with zero attached hydrogens (tertiary/aromatic N) is 2. The molecule has 1 N–H and O–H groups in total. The van der Waals surface area contributed by atoms with Gasteiger partial charge in [-0.1, -0.05) is 39.7 Å². The number of ether oxygens (including phenoxy) is 2. The van der Waals surface area contributed by atoms with E-state index in [0.29, 0.717) is 31.7 Å². The van der Waals surface area contributed by atoms with Crippen LogP contribution in [0.2, 0.25) is 0 Å². The fraction of sp³-hybridized carbons (Fsp3) is 0.167. The number of rotatable bonds is 9. The molecule has 3 aromatic carbocycles. The summed E-state index contributed by atoms with van der Waals surface area (Å²) < 4.78 is 39.8.